The van der Waals surface area contributed by atoms with Crippen LogP contribution in [0.3, 0.4) is 0 Å². The van der Waals surface area contributed by atoms with Gasteiger partial charge in [0.1, 0.15) is 0 Å². The lowest BCUT2D eigenvalue weighted by Gasteiger charge is -2.34. The molecule has 104 valence electrons. The molecule has 19 heavy (non-hydrogen) atoms. The van der Waals surface area contributed by atoms with Crippen molar-refractivity contribution in [2.24, 2.45) is 0 Å². The van der Waals surface area contributed by atoms with Crippen LogP contribution in [0.15, 0.2) is 6.20 Å². The summed E-state index contributed by atoms with van der Waals surface area (Å²) in [5.41, 5.74) is 0. The molecular formula is C12H17N3O3S. The first kappa shape index (κ1) is 13.8. The molecule has 1 saturated heterocycles. The topological polar surface area (TPSA) is 82.5 Å². The molecule has 0 radical (unpaired) electrons. The third-order valence-electron chi connectivity index (χ3n) is 3.13. The highest BCUT2D eigenvalue weighted by Crippen LogP contribution is 2.22. The molecule has 2 heterocycles. The first-order chi connectivity index (χ1) is 9.06. The fourth-order valence-electron chi connectivity index (χ4n) is 2.26. The van der Waals surface area contributed by atoms with Crippen LogP contribution in [0.25, 0.3) is 0 Å². The molecule has 0 aromatic carbocycles. The third-order valence-corrected chi connectivity index (χ3v) is 3.96. The van der Waals surface area contributed by atoms with Gasteiger partial charge in [-0.3, -0.25) is 10.1 Å². The van der Waals surface area contributed by atoms with Gasteiger partial charge >= 0.3 is 12.0 Å². The smallest absolute Gasteiger partial charge is 0.323 e. The van der Waals surface area contributed by atoms with E-state index in [1.807, 2.05) is 6.92 Å². The second kappa shape index (κ2) is 6.01. The summed E-state index contributed by atoms with van der Waals surface area (Å²) < 4.78 is 0. The fourth-order valence-corrected chi connectivity index (χ4v) is 2.91. The van der Waals surface area contributed by atoms with Crippen molar-refractivity contribution in [3.8, 4) is 0 Å². The number of piperidine rings is 1. The van der Waals surface area contributed by atoms with E-state index in [-0.39, 0.29) is 18.5 Å². The van der Waals surface area contributed by atoms with Crippen molar-refractivity contribution in [3.05, 3.63) is 11.1 Å². The zero-order valence-corrected chi connectivity index (χ0v) is 11.6. The molecule has 7 heteroatoms. The van der Waals surface area contributed by atoms with E-state index in [0.717, 1.165) is 24.1 Å². The molecule has 1 aromatic rings. The van der Waals surface area contributed by atoms with Crippen molar-refractivity contribution < 1.29 is 14.7 Å². The van der Waals surface area contributed by atoms with Gasteiger partial charge in [0, 0.05) is 23.7 Å². The van der Waals surface area contributed by atoms with Gasteiger partial charge in [0.2, 0.25) is 0 Å². The molecule has 1 aliphatic heterocycles. The van der Waals surface area contributed by atoms with Crippen molar-refractivity contribution >= 4 is 28.5 Å². The Balaban J connectivity index is 2.00. The molecule has 1 unspecified atom stereocenters. The van der Waals surface area contributed by atoms with Gasteiger partial charge in [0.15, 0.2) is 5.13 Å². The Labute approximate surface area is 115 Å². The normalized spacial score (nSPS) is 19.2. The summed E-state index contributed by atoms with van der Waals surface area (Å²) in [4.78, 5) is 29.7. The number of nitrogens with one attached hydrogen (secondary N) is 1. The molecule has 1 aromatic heterocycles. The van der Waals surface area contributed by atoms with E-state index < -0.39 is 5.97 Å². The van der Waals surface area contributed by atoms with Gasteiger partial charge in [0.25, 0.3) is 0 Å². The van der Waals surface area contributed by atoms with Crippen LogP contribution < -0.4 is 5.32 Å². The number of likely N-dealkylation sites (tertiary alicyclic amines) is 1. The minimum absolute atomic E-state index is 0.00428. The number of carbonyl (C=O) groups is 2. The molecule has 0 aliphatic carbocycles. The lowest BCUT2D eigenvalue weighted by atomic mass is 10.00. The summed E-state index contributed by atoms with van der Waals surface area (Å²) in [5.74, 6) is -0.866. The molecule has 1 aliphatic rings. The second-order valence-electron chi connectivity index (χ2n) is 4.65. The maximum absolute atomic E-state index is 12.2. The lowest BCUT2D eigenvalue weighted by Crippen LogP contribution is -2.46. The number of amides is 2. The SMILES string of the molecule is Cc1cnc(NC(=O)N2CCCCC2CC(=O)O)s1. The summed E-state index contributed by atoms with van der Waals surface area (Å²) in [6.07, 6.45) is 4.34. The van der Waals surface area contributed by atoms with E-state index in [1.165, 1.54) is 11.3 Å². The van der Waals surface area contributed by atoms with Crippen LogP contribution in [0.4, 0.5) is 9.93 Å². The number of anilines is 1. The van der Waals surface area contributed by atoms with Gasteiger partial charge in [-0.15, -0.1) is 11.3 Å². The van der Waals surface area contributed by atoms with Crippen molar-refractivity contribution in [2.75, 3.05) is 11.9 Å². The van der Waals surface area contributed by atoms with Gasteiger partial charge < -0.3 is 10.0 Å². The Morgan fingerprint density at radius 3 is 3.00 bits per heavy atom. The van der Waals surface area contributed by atoms with Crippen LogP contribution in [-0.4, -0.2) is 39.6 Å². The number of nitrogens with zero attached hydrogens (tertiary/aromatic N) is 2. The third kappa shape index (κ3) is 3.66. The number of carboxylic acid groups (broad SMARTS) is 1. The minimum Gasteiger partial charge on any atom is -0.481 e. The predicted octanol–water partition coefficient (Wildman–Crippen LogP) is 2.31. The average molecular weight is 283 g/mol. The first-order valence-corrected chi connectivity index (χ1v) is 7.10. The fraction of sp³-hybridized carbons (Fsp3) is 0.583. The van der Waals surface area contributed by atoms with E-state index in [1.54, 1.807) is 11.1 Å². The number of thiazole rings is 1. The number of hydrogen-bond acceptors (Lipinski definition) is 4. The molecule has 0 saturated carbocycles. The predicted molar refractivity (Wildman–Crippen MR) is 72.5 cm³/mol. The molecule has 2 rings (SSSR count). The summed E-state index contributed by atoms with van der Waals surface area (Å²) in [5, 5.41) is 12.2. The highest BCUT2D eigenvalue weighted by molar-refractivity contribution is 7.15. The monoisotopic (exact) mass is 283 g/mol. The zero-order chi connectivity index (χ0) is 13.8. The van der Waals surface area contributed by atoms with Crippen molar-refractivity contribution in [1.82, 2.24) is 9.88 Å². The van der Waals surface area contributed by atoms with E-state index in [4.69, 9.17) is 5.11 Å². The Kier molecular flexibility index (Phi) is 4.36. The van der Waals surface area contributed by atoms with E-state index in [9.17, 15) is 9.59 Å². The van der Waals surface area contributed by atoms with Crippen LogP contribution in [0.5, 0.6) is 0 Å². The van der Waals surface area contributed by atoms with Crippen LogP contribution in [-0.2, 0) is 4.79 Å². The van der Waals surface area contributed by atoms with Crippen LogP contribution in [0, 0.1) is 6.92 Å². The maximum atomic E-state index is 12.2. The molecule has 0 bridgehead atoms. The summed E-state index contributed by atoms with van der Waals surface area (Å²) in [6, 6.07) is -0.465. The average Bonchev–Trinajstić information content (AvgIpc) is 2.74. The number of aliphatic carboxylic acids is 1. The molecule has 2 amide bonds. The van der Waals surface area contributed by atoms with Gasteiger partial charge in [-0.2, -0.15) is 0 Å². The molecule has 2 N–H and O–H groups in total. The minimum atomic E-state index is -0.866. The standard InChI is InChI=1S/C12H17N3O3S/c1-8-7-13-11(19-8)14-12(18)15-5-3-2-4-9(15)6-10(16)17/h7,9H,2-6H2,1H3,(H,16,17)(H,13,14,18). The summed E-state index contributed by atoms with van der Waals surface area (Å²) in [7, 11) is 0. The van der Waals surface area contributed by atoms with Gasteiger partial charge in [-0.25, -0.2) is 9.78 Å². The highest BCUT2D eigenvalue weighted by atomic mass is 32.1. The van der Waals surface area contributed by atoms with Crippen molar-refractivity contribution in [3.63, 3.8) is 0 Å². The lowest BCUT2D eigenvalue weighted by molar-refractivity contribution is -0.138. The van der Waals surface area contributed by atoms with Crippen LogP contribution in [0.1, 0.15) is 30.6 Å². The number of aryl methyl sites for hydroxylation is 1. The summed E-state index contributed by atoms with van der Waals surface area (Å²) in [6.45, 7) is 2.52. The Hall–Kier alpha value is -1.63. The van der Waals surface area contributed by atoms with Crippen molar-refractivity contribution in [2.45, 2.75) is 38.6 Å². The Morgan fingerprint density at radius 1 is 1.58 bits per heavy atom. The van der Waals surface area contributed by atoms with E-state index >= 15 is 0 Å². The molecule has 6 nitrogen and oxygen atoms in total. The number of rotatable bonds is 3. The summed E-state index contributed by atoms with van der Waals surface area (Å²) >= 11 is 1.41. The van der Waals surface area contributed by atoms with E-state index in [2.05, 4.69) is 10.3 Å². The second-order valence-corrected chi connectivity index (χ2v) is 5.88. The molecule has 1 fully saturated rings. The van der Waals surface area contributed by atoms with Gasteiger partial charge in [-0.05, 0) is 26.2 Å². The van der Waals surface area contributed by atoms with E-state index in [0.29, 0.717) is 11.7 Å². The maximum Gasteiger partial charge on any atom is 0.323 e. The van der Waals surface area contributed by atoms with Crippen LogP contribution >= 0.6 is 11.3 Å². The Bertz CT molecular complexity index is 475. The van der Waals surface area contributed by atoms with Crippen molar-refractivity contribution in [1.29, 1.82) is 0 Å². The largest absolute Gasteiger partial charge is 0.481 e. The molecular weight excluding hydrogens is 266 g/mol. The van der Waals surface area contributed by atoms with Gasteiger partial charge in [-0.1, -0.05) is 0 Å². The number of aromatic nitrogens is 1. The quantitative estimate of drug-likeness (QED) is 0.891. The first-order valence-electron chi connectivity index (χ1n) is 6.28. The number of hydrogen-bond donors (Lipinski definition) is 2. The molecule has 1 atom stereocenters. The number of carboxylic acids is 1. The number of carbonyl (C=O) groups excluding carboxylic acids is 1. The molecule has 0 spiro atoms. The van der Waals surface area contributed by atoms with Gasteiger partial charge in [0.05, 0.1) is 6.42 Å². The Morgan fingerprint density at radius 2 is 2.37 bits per heavy atom. The number of urea groups is 1. The van der Waals surface area contributed by atoms with Crippen LogP contribution in [0.2, 0.25) is 0 Å². The highest BCUT2D eigenvalue weighted by Gasteiger charge is 2.28. The zero-order valence-electron chi connectivity index (χ0n) is 10.8.